The number of hydrogen-bond donors (Lipinski definition) is 1. The molecule has 0 heterocycles. The van der Waals surface area contributed by atoms with Crippen molar-refractivity contribution in [2.75, 3.05) is 14.2 Å². The lowest BCUT2D eigenvalue weighted by atomic mass is 10.2. The number of methoxy groups -OCH3 is 1. The molecule has 0 aromatic heterocycles. The van der Waals surface area contributed by atoms with Gasteiger partial charge in [0, 0.05) is 18.7 Å². The summed E-state index contributed by atoms with van der Waals surface area (Å²) in [6.07, 6.45) is 0. The van der Waals surface area contributed by atoms with Gasteiger partial charge in [0.25, 0.3) is 0 Å². The maximum Gasteiger partial charge on any atom is 0.311 e. The molecule has 6 heteroatoms. The van der Waals surface area contributed by atoms with Gasteiger partial charge < -0.3 is 14.8 Å². The standard InChI is InChI=1S/C15H16N2O4/c1-16-10-11-4-3-5-13(8-11)21-15-9-12(20-2)6-7-14(15)17(18)19/h3-9,16H,10H2,1-2H3. The summed E-state index contributed by atoms with van der Waals surface area (Å²) in [5, 5.41) is 14.1. The number of nitro benzene ring substituents is 1. The molecule has 0 amide bonds. The van der Waals surface area contributed by atoms with E-state index in [9.17, 15) is 10.1 Å². The lowest BCUT2D eigenvalue weighted by molar-refractivity contribution is -0.385. The van der Waals surface area contributed by atoms with E-state index in [1.165, 1.54) is 25.3 Å². The van der Waals surface area contributed by atoms with Gasteiger partial charge in [-0.15, -0.1) is 0 Å². The molecular weight excluding hydrogens is 272 g/mol. The lowest BCUT2D eigenvalue weighted by Gasteiger charge is -2.09. The monoisotopic (exact) mass is 288 g/mol. The maximum absolute atomic E-state index is 11.1. The minimum absolute atomic E-state index is 0.102. The van der Waals surface area contributed by atoms with Crippen LogP contribution < -0.4 is 14.8 Å². The van der Waals surface area contributed by atoms with Crippen LogP contribution in [0.25, 0.3) is 0 Å². The molecule has 2 rings (SSSR count). The second-order valence-corrected chi connectivity index (χ2v) is 4.37. The van der Waals surface area contributed by atoms with E-state index >= 15 is 0 Å². The zero-order valence-corrected chi connectivity index (χ0v) is 11.8. The van der Waals surface area contributed by atoms with Crippen molar-refractivity contribution in [2.24, 2.45) is 0 Å². The van der Waals surface area contributed by atoms with E-state index in [2.05, 4.69) is 5.32 Å². The summed E-state index contributed by atoms with van der Waals surface area (Å²) in [6, 6.07) is 11.8. The highest BCUT2D eigenvalue weighted by molar-refractivity contribution is 5.52. The predicted octanol–water partition coefficient (Wildman–Crippen LogP) is 3.12. The Labute approximate surface area is 122 Å². The molecule has 0 saturated carbocycles. The smallest absolute Gasteiger partial charge is 0.311 e. The normalized spacial score (nSPS) is 10.2. The molecule has 1 N–H and O–H groups in total. The van der Waals surface area contributed by atoms with Gasteiger partial charge in [-0.2, -0.15) is 0 Å². The number of nitrogens with zero attached hydrogens (tertiary/aromatic N) is 1. The lowest BCUT2D eigenvalue weighted by Crippen LogP contribution is -2.04. The predicted molar refractivity (Wildman–Crippen MR) is 78.9 cm³/mol. The highest BCUT2D eigenvalue weighted by Gasteiger charge is 2.17. The zero-order valence-electron chi connectivity index (χ0n) is 11.8. The molecule has 0 bridgehead atoms. The van der Waals surface area contributed by atoms with Gasteiger partial charge >= 0.3 is 5.69 Å². The van der Waals surface area contributed by atoms with Crippen molar-refractivity contribution in [1.82, 2.24) is 5.32 Å². The van der Waals surface area contributed by atoms with E-state index in [1.54, 1.807) is 6.07 Å². The fraction of sp³-hybridized carbons (Fsp3) is 0.200. The molecular formula is C15H16N2O4. The molecule has 0 aliphatic heterocycles. The second kappa shape index (κ2) is 6.71. The molecule has 0 aliphatic carbocycles. The molecule has 0 atom stereocenters. The van der Waals surface area contributed by atoms with E-state index in [4.69, 9.17) is 9.47 Å². The van der Waals surface area contributed by atoms with Crippen molar-refractivity contribution >= 4 is 5.69 Å². The second-order valence-electron chi connectivity index (χ2n) is 4.37. The summed E-state index contributed by atoms with van der Waals surface area (Å²) in [7, 11) is 3.35. The highest BCUT2D eigenvalue weighted by atomic mass is 16.6. The first-order valence-electron chi connectivity index (χ1n) is 6.38. The summed E-state index contributed by atoms with van der Waals surface area (Å²) < 4.78 is 10.7. The average Bonchev–Trinajstić information content (AvgIpc) is 2.47. The Balaban J connectivity index is 2.33. The number of rotatable bonds is 6. The van der Waals surface area contributed by atoms with Crippen LogP contribution in [-0.2, 0) is 6.54 Å². The SMILES string of the molecule is CNCc1cccc(Oc2cc(OC)ccc2[N+](=O)[O-])c1. The average molecular weight is 288 g/mol. The first-order valence-corrected chi connectivity index (χ1v) is 6.38. The Morgan fingerprint density at radius 1 is 1.19 bits per heavy atom. The van der Waals surface area contributed by atoms with Crippen LogP contribution in [0.1, 0.15) is 5.56 Å². The Morgan fingerprint density at radius 2 is 2.00 bits per heavy atom. The summed E-state index contributed by atoms with van der Waals surface area (Å²) in [6.45, 7) is 0.692. The van der Waals surface area contributed by atoms with E-state index < -0.39 is 4.92 Å². The van der Waals surface area contributed by atoms with Crippen molar-refractivity contribution in [3.8, 4) is 17.2 Å². The molecule has 0 radical (unpaired) electrons. The summed E-state index contributed by atoms with van der Waals surface area (Å²) >= 11 is 0. The van der Waals surface area contributed by atoms with Crippen LogP contribution in [0.4, 0.5) is 5.69 Å². The van der Waals surface area contributed by atoms with Crippen molar-refractivity contribution in [3.63, 3.8) is 0 Å². The molecule has 2 aromatic rings. The van der Waals surface area contributed by atoms with Crippen molar-refractivity contribution in [2.45, 2.75) is 6.54 Å². The largest absolute Gasteiger partial charge is 0.497 e. The highest BCUT2D eigenvalue weighted by Crippen LogP contribution is 2.34. The van der Waals surface area contributed by atoms with Gasteiger partial charge in [-0.25, -0.2) is 0 Å². The first-order chi connectivity index (χ1) is 10.1. The fourth-order valence-corrected chi connectivity index (χ4v) is 1.90. The fourth-order valence-electron chi connectivity index (χ4n) is 1.90. The third-order valence-electron chi connectivity index (χ3n) is 2.87. The minimum atomic E-state index is -0.480. The van der Waals surface area contributed by atoms with Gasteiger partial charge in [-0.05, 0) is 30.8 Å². The van der Waals surface area contributed by atoms with Crippen LogP contribution in [0, 0.1) is 10.1 Å². The van der Waals surface area contributed by atoms with E-state index in [0.29, 0.717) is 18.0 Å². The van der Waals surface area contributed by atoms with Gasteiger partial charge in [0.15, 0.2) is 0 Å². The van der Waals surface area contributed by atoms with Gasteiger partial charge in [0.05, 0.1) is 12.0 Å². The molecule has 110 valence electrons. The van der Waals surface area contributed by atoms with Gasteiger partial charge in [0.1, 0.15) is 11.5 Å². The Kier molecular flexibility index (Phi) is 4.73. The summed E-state index contributed by atoms with van der Waals surface area (Å²) in [5.74, 6) is 1.20. The molecule has 0 spiro atoms. The summed E-state index contributed by atoms with van der Waals surface area (Å²) in [4.78, 5) is 10.6. The van der Waals surface area contributed by atoms with Crippen molar-refractivity contribution in [3.05, 3.63) is 58.1 Å². The van der Waals surface area contributed by atoms with Gasteiger partial charge in [0.2, 0.25) is 5.75 Å². The molecule has 0 fully saturated rings. The number of ether oxygens (including phenoxy) is 2. The van der Waals surface area contributed by atoms with E-state index in [1.807, 2.05) is 25.2 Å². The van der Waals surface area contributed by atoms with E-state index in [0.717, 1.165) is 5.56 Å². The zero-order chi connectivity index (χ0) is 15.2. The number of hydrogen-bond acceptors (Lipinski definition) is 5. The molecule has 0 unspecified atom stereocenters. The topological polar surface area (TPSA) is 73.6 Å². The van der Waals surface area contributed by atoms with Crippen LogP contribution in [-0.4, -0.2) is 19.1 Å². The van der Waals surface area contributed by atoms with Crippen LogP contribution in [0.3, 0.4) is 0 Å². The van der Waals surface area contributed by atoms with Crippen LogP contribution in [0.2, 0.25) is 0 Å². The van der Waals surface area contributed by atoms with Crippen LogP contribution in [0.5, 0.6) is 17.2 Å². The molecule has 2 aromatic carbocycles. The number of benzene rings is 2. The summed E-state index contributed by atoms with van der Waals surface area (Å²) in [5.41, 5.74) is 0.926. The Hall–Kier alpha value is -2.60. The molecule has 0 saturated heterocycles. The van der Waals surface area contributed by atoms with Crippen LogP contribution >= 0.6 is 0 Å². The van der Waals surface area contributed by atoms with E-state index in [-0.39, 0.29) is 11.4 Å². The Bertz CT molecular complexity index is 643. The maximum atomic E-state index is 11.1. The third-order valence-corrected chi connectivity index (χ3v) is 2.87. The quantitative estimate of drug-likeness (QED) is 0.653. The van der Waals surface area contributed by atoms with Crippen molar-refractivity contribution < 1.29 is 14.4 Å². The number of nitro groups is 1. The Morgan fingerprint density at radius 3 is 2.67 bits per heavy atom. The minimum Gasteiger partial charge on any atom is -0.497 e. The van der Waals surface area contributed by atoms with Gasteiger partial charge in [-0.1, -0.05) is 12.1 Å². The third kappa shape index (κ3) is 3.70. The van der Waals surface area contributed by atoms with Crippen LogP contribution in [0.15, 0.2) is 42.5 Å². The molecule has 6 nitrogen and oxygen atoms in total. The first kappa shape index (κ1) is 14.8. The van der Waals surface area contributed by atoms with Gasteiger partial charge in [-0.3, -0.25) is 10.1 Å². The number of nitrogens with one attached hydrogen (secondary N) is 1. The molecule has 21 heavy (non-hydrogen) atoms. The molecule has 0 aliphatic rings. The van der Waals surface area contributed by atoms with Crippen molar-refractivity contribution in [1.29, 1.82) is 0 Å².